The molecule has 1 aromatic heterocycles. The van der Waals surface area contributed by atoms with Crippen LogP contribution in [0.5, 0.6) is 0 Å². The Morgan fingerprint density at radius 1 is 0.933 bits per heavy atom. The Labute approximate surface area is 261 Å². The van der Waals surface area contributed by atoms with Gasteiger partial charge < -0.3 is 15.4 Å². The summed E-state index contributed by atoms with van der Waals surface area (Å²) in [5.41, 5.74) is 0.818. The first-order chi connectivity index (χ1) is 21.4. The molecule has 0 aliphatic carbocycles. The second kappa shape index (κ2) is 15.2. The molecular formula is C34H39F4N5O2. The van der Waals surface area contributed by atoms with Gasteiger partial charge in [-0.05, 0) is 53.3 Å². The Bertz CT molecular complexity index is 1560. The summed E-state index contributed by atoms with van der Waals surface area (Å²) in [6.07, 6.45) is -1.62. The van der Waals surface area contributed by atoms with Crippen LogP contribution < -0.4 is 10.6 Å². The van der Waals surface area contributed by atoms with E-state index in [1.165, 1.54) is 16.8 Å². The fourth-order valence-electron chi connectivity index (χ4n) is 4.98. The molecule has 0 bridgehead atoms. The highest BCUT2D eigenvalue weighted by Gasteiger charge is 2.33. The molecular weight excluding hydrogens is 586 g/mol. The molecule has 11 heteroatoms. The van der Waals surface area contributed by atoms with Crippen LogP contribution in [-0.2, 0) is 17.9 Å². The number of aromatic nitrogens is 3. The highest BCUT2D eigenvalue weighted by atomic mass is 19.1. The summed E-state index contributed by atoms with van der Waals surface area (Å²) in [6, 6.07) is 17.7. The SMILES string of the molecule is CC[C@@H](CN[C@@H](c1nc(-c2cc(F)ccc2F)nn1Cc1cccc(F)c1)C(C)(C)C)[C@@H](F)CNC(=O)OCc1ccccc1. The van der Waals surface area contributed by atoms with Crippen molar-refractivity contribution >= 4 is 6.09 Å². The third kappa shape index (κ3) is 9.37. The molecule has 0 radical (unpaired) electrons. The summed E-state index contributed by atoms with van der Waals surface area (Å²) in [5.74, 6) is -1.86. The van der Waals surface area contributed by atoms with Gasteiger partial charge in [-0.1, -0.05) is 70.2 Å². The largest absolute Gasteiger partial charge is 0.445 e. The van der Waals surface area contributed by atoms with Gasteiger partial charge in [0.25, 0.3) is 0 Å². The number of alkyl carbamates (subject to hydrolysis) is 1. The van der Waals surface area contributed by atoms with E-state index in [4.69, 9.17) is 4.74 Å². The topological polar surface area (TPSA) is 81.1 Å². The van der Waals surface area contributed by atoms with E-state index in [-0.39, 0.29) is 37.6 Å². The van der Waals surface area contributed by atoms with Gasteiger partial charge in [0.1, 0.15) is 36.1 Å². The van der Waals surface area contributed by atoms with Gasteiger partial charge >= 0.3 is 6.09 Å². The van der Waals surface area contributed by atoms with Crippen LogP contribution in [-0.4, -0.2) is 40.1 Å². The zero-order chi connectivity index (χ0) is 32.6. The third-order valence-corrected chi connectivity index (χ3v) is 7.49. The second-order valence-electron chi connectivity index (χ2n) is 12.0. The smallest absolute Gasteiger partial charge is 0.407 e. The first-order valence-corrected chi connectivity index (χ1v) is 14.9. The maximum absolute atomic E-state index is 15.4. The molecule has 0 saturated heterocycles. The van der Waals surface area contributed by atoms with Gasteiger partial charge in [0.15, 0.2) is 5.82 Å². The Kier molecular flexibility index (Phi) is 11.3. The fraction of sp³-hybridized carbons (Fsp3) is 0.382. The number of alkyl halides is 1. The van der Waals surface area contributed by atoms with Gasteiger partial charge in [0, 0.05) is 12.5 Å². The number of hydrogen-bond donors (Lipinski definition) is 2. The molecule has 45 heavy (non-hydrogen) atoms. The van der Waals surface area contributed by atoms with Crippen molar-refractivity contribution in [1.29, 1.82) is 0 Å². The van der Waals surface area contributed by atoms with Gasteiger partial charge in [-0.3, -0.25) is 0 Å². The van der Waals surface area contributed by atoms with Crippen molar-refractivity contribution in [2.45, 2.75) is 59.5 Å². The van der Waals surface area contributed by atoms with E-state index in [1.807, 2.05) is 58.0 Å². The van der Waals surface area contributed by atoms with Crippen LogP contribution in [0.25, 0.3) is 11.4 Å². The van der Waals surface area contributed by atoms with Crippen LogP contribution in [0.15, 0.2) is 72.8 Å². The summed E-state index contributed by atoms with van der Waals surface area (Å²) in [7, 11) is 0. The molecule has 240 valence electrons. The molecule has 3 atom stereocenters. The molecule has 0 fully saturated rings. The minimum absolute atomic E-state index is 0.0249. The molecule has 7 nitrogen and oxygen atoms in total. The predicted octanol–water partition coefficient (Wildman–Crippen LogP) is 7.38. The Morgan fingerprint density at radius 3 is 2.33 bits per heavy atom. The summed E-state index contributed by atoms with van der Waals surface area (Å²) >= 11 is 0. The Morgan fingerprint density at radius 2 is 1.64 bits per heavy atom. The molecule has 0 aliphatic rings. The first-order valence-electron chi connectivity index (χ1n) is 14.9. The lowest BCUT2D eigenvalue weighted by molar-refractivity contribution is 0.130. The van der Waals surface area contributed by atoms with Gasteiger partial charge in [-0.2, -0.15) is 5.10 Å². The number of amides is 1. The number of benzene rings is 3. The molecule has 0 spiro atoms. The van der Waals surface area contributed by atoms with Crippen LogP contribution in [0.1, 0.15) is 57.1 Å². The number of hydrogen-bond acceptors (Lipinski definition) is 5. The maximum Gasteiger partial charge on any atom is 0.407 e. The van der Waals surface area contributed by atoms with Gasteiger partial charge in [0.2, 0.25) is 0 Å². The number of carbonyl (C=O) groups is 1. The molecule has 1 heterocycles. The number of rotatable bonds is 13. The summed E-state index contributed by atoms with van der Waals surface area (Å²) in [4.78, 5) is 16.8. The number of nitrogens with one attached hydrogen (secondary N) is 2. The van der Waals surface area contributed by atoms with Crippen LogP contribution >= 0.6 is 0 Å². The molecule has 0 saturated carbocycles. The number of ether oxygens (including phenoxy) is 1. The molecule has 0 aliphatic heterocycles. The Balaban J connectivity index is 1.52. The lowest BCUT2D eigenvalue weighted by Gasteiger charge is -2.33. The van der Waals surface area contributed by atoms with Gasteiger partial charge in [0.05, 0.1) is 24.7 Å². The van der Waals surface area contributed by atoms with Crippen LogP contribution in [0.2, 0.25) is 0 Å². The number of nitrogens with zero attached hydrogens (tertiary/aromatic N) is 3. The molecule has 0 unspecified atom stereocenters. The number of carbonyl (C=O) groups excluding carboxylic acids is 1. The minimum atomic E-state index is -1.38. The lowest BCUT2D eigenvalue weighted by atomic mass is 9.85. The van der Waals surface area contributed by atoms with Gasteiger partial charge in [-0.15, -0.1) is 0 Å². The van der Waals surface area contributed by atoms with Crippen LogP contribution in [0.3, 0.4) is 0 Å². The van der Waals surface area contributed by atoms with Crippen molar-refractivity contribution in [3.63, 3.8) is 0 Å². The van der Waals surface area contributed by atoms with Crippen molar-refractivity contribution < 1.29 is 27.1 Å². The van der Waals surface area contributed by atoms with Gasteiger partial charge in [-0.25, -0.2) is 32.0 Å². The average Bonchev–Trinajstić information content (AvgIpc) is 3.40. The molecule has 4 aromatic rings. The van der Waals surface area contributed by atoms with E-state index in [2.05, 4.69) is 20.7 Å². The van der Waals surface area contributed by atoms with Crippen molar-refractivity contribution in [2.24, 2.45) is 11.3 Å². The number of halogens is 4. The van der Waals surface area contributed by atoms with Crippen molar-refractivity contribution in [3.05, 3.63) is 107 Å². The molecule has 3 aromatic carbocycles. The zero-order valence-electron chi connectivity index (χ0n) is 25.9. The van der Waals surface area contributed by atoms with E-state index in [1.54, 1.807) is 12.1 Å². The van der Waals surface area contributed by atoms with Crippen LogP contribution in [0.4, 0.5) is 22.4 Å². The standard InChI is InChI=1S/C34H39F4N5O2/c1-5-24(29(38)19-40-33(44)45-21-22-10-7-6-8-11-22)18-39-30(34(2,3)4)32-41-31(27-17-26(36)14-15-28(27)37)42-43(32)20-23-12-9-13-25(35)16-23/h6-17,24,29-30,39H,5,18-21H2,1-4H3,(H,40,44)/t24-,29-,30-/m0/s1. The molecule has 4 rings (SSSR count). The van der Waals surface area contributed by atoms with E-state index in [0.29, 0.717) is 17.8 Å². The zero-order valence-corrected chi connectivity index (χ0v) is 25.9. The quantitative estimate of drug-likeness (QED) is 0.152. The minimum Gasteiger partial charge on any atom is -0.445 e. The van der Waals surface area contributed by atoms with Crippen LogP contribution in [0, 0.1) is 28.8 Å². The van der Waals surface area contributed by atoms with E-state index in [9.17, 15) is 18.0 Å². The average molecular weight is 626 g/mol. The third-order valence-electron chi connectivity index (χ3n) is 7.49. The van der Waals surface area contributed by atoms with E-state index >= 15 is 4.39 Å². The maximum atomic E-state index is 15.4. The van der Waals surface area contributed by atoms with E-state index in [0.717, 1.165) is 23.8 Å². The van der Waals surface area contributed by atoms with E-state index < -0.39 is 47.1 Å². The molecule has 1 amide bonds. The fourth-order valence-corrected chi connectivity index (χ4v) is 4.98. The second-order valence-corrected chi connectivity index (χ2v) is 12.0. The highest BCUT2D eigenvalue weighted by molar-refractivity contribution is 5.67. The Hall–Kier alpha value is -4.25. The van der Waals surface area contributed by atoms with Crippen molar-refractivity contribution in [3.8, 4) is 11.4 Å². The monoisotopic (exact) mass is 625 g/mol. The van der Waals surface area contributed by atoms with Crippen molar-refractivity contribution in [1.82, 2.24) is 25.4 Å². The normalized spacial score (nSPS) is 13.7. The summed E-state index contributed by atoms with van der Waals surface area (Å²) in [6.45, 7) is 7.93. The molecule has 2 N–H and O–H groups in total. The van der Waals surface area contributed by atoms with Crippen molar-refractivity contribution in [2.75, 3.05) is 13.1 Å². The first kappa shape index (κ1) is 33.6. The summed E-state index contributed by atoms with van der Waals surface area (Å²) in [5, 5.41) is 10.4. The lowest BCUT2D eigenvalue weighted by Crippen LogP contribution is -2.42. The highest BCUT2D eigenvalue weighted by Crippen LogP contribution is 2.34. The summed E-state index contributed by atoms with van der Waals surface area (Å²) < 4.78 is 65.0. The predicted molar refractivity (Wildman–Crippen MR) is 164 cm³/mol.